The van der Waals surface area contributed by atoms with Gasteiger partial charge in [-0.3, -0.25) is 4.79 Å². The molecule has 1 saturated carbocycles. The van der Waals surface area contributed by atoms with Crippen LogP contribution < -0.4 is 14.8 Å². The van der Waals surface area contributed by atoms with Gasteiger partial charge in [0.15, 0.2) is 6.61 Å². The third kappa shape index (κ3) is 5.70. The van der Waals surface area contributed by atoms with E-state index in [9.17, 15) is 9.59 Å². The van der Waals surface area contributed by atoms with E-state index in [0.29, 0.717) is 30.2 Å². The number of nitrogens with zero attached hydrogens (tertiary/aromatic N) is 1. The maximum atomic E-state index is 12.3. The number of nitrogens with one attached hydrogen (secondary N) is 1. The molecule has 1 aromatic heterocycles. The number of ether oxygens (including phenoxy) is 2. The zero-order valence-electron chi connectivity index (χ0n) is 14.9. The van der Waals surface area contributed by atoms with Gasteiger partial charge in [0.25, 0.3) is 5.91 Å². The molecule has 0 atom stereocenters. The second-order valence-corrected chi connectivity index (χ2v) is 6.39. The van der Waals surface area contributed by atoms with E-state index in [1.807, 2.05) is 12.1 Å². The SMILES string of the molecule is O=C(O)COc1ccc(CCNC(=O)c2ccnc(OC3CCC3)c2)cc1. The van der Waals surface area contributed by atoms with E-state index >= 15 is 0 Å². The minimum absolute atomic E-state index is 0.169. The van der Waals surface area contributed by atoms with Crippen molar-refractivity contribution in [3.05, 3.63) is 53.7 Å². The van der Waals surface area contributed by atoms with Crippen molar-refractivity contribution in [3.63, 3.8) is 0 Å². The van der Waals surface area contributed by atoms with Crippen LogP contribution in [0.5, 0.6) is 11.6 Å². The van der Waals surface area contributed by atoms with E-state index in [2.05, 4.69) is 10.3 Å². The fourth-order valence-electron chi connectivity index (χ4n) is 2.59. The molecule has 7 heteroatoms. The Bertz CT molecular complexity index is 787. The number of hydrogen-bond donors (Lipinski definition) is 2. The Labute approximate surface area is 157 Å². The van der Waals surface area contributed by atoms with Gasteiger partial charge in [-0.25, -0.2) is 9.78 Å². The predicted molar refractivity (Wildman–Crippen MR) is 98.1 cm³/mol. The van der Waals surface area contributed by atoms with Crippen molar-refractivity contribution in [2.45, 2.75) is 31.8 Å². The Morgan fingerprint density at radius 3 is 2.63 bits per heavy atom. The van der Waals surface area contributed by atoms with Crippen molar-refractivity contribution < 1.29 is 24.2 Å². The van der Waals surface area contributed by atoms with Gasteiger partial charge in [-0.2, -0.15) is 0 Å². The molecule has 1 aliphatic rings. The zero-order chi connectivity index (χ0) is 19.1. The smallest absolute Gasteiger partial charge is 0.341 e. The van der Waals surface area contributed by atoms with E-state index in [1.165, 1.54) is 6.42 Å². The molecular weight excluding hydrogens is 348 g/mol. The number of rotatable bonds is 9. The topological polar surface area (TPSA) is 97.8 Å². The number of pyridine rings is 1. The standard InChI is InChI=1S/C20H22N2O5/c23-19(24)13-26-16-6-4-14(5-7-16)8-10-22-20(25)15-9-11-21-18(12-15)27-17-2-1-3-17/h4-7,9,11-12,17H,1-3,8,10,13H2,(H,22,25)(H,23,24). The molecule has 0 aliphatic heterocycles. The minimum atomic E-state index is -1.01. The molecule has 27 heavy (non-hydrogen) atoms. The highest BCUT2D eigenvalue weighted by molar-refractivity contribution is 5.94. The summed E-state index contributed by atoms with van der Waals surface area (Å²) >= 11 is 0. The summed E-state index contributed by atoms with van der Waals surface area (Å²) in [4.78, 5) is 26.9. The van der Waals surface area contributed by atoms with Crippen LogP contribution in [0.3, 0.4) is 0 Å². The van der Waals surface area contributed by atoms with Gasteiger partial charge >= 0.3 is 5.97 Å². The Morgan fingerprint density at radius 1 is 1.19 bits per heavy atom. The lowest BCUT2D eigenvalue weighted by Crippen LogP contribution is -2.27. The van der Waals surface area contributed by atoms with Gasteiger partial charge in [-0.05, 0) is 49.4 Å². The van der Waals surface area contributed by atoms with Crippen LogP contribution in [0.15, 0.2) is 42.6 Å². The number of hydrogen-bond acceptors (Lipinski definition) is 5. The van der Waals surface area contributed by atoms with Crippen molar-refractivity contribution in [2.24, 2.45) is 0 Å². The molecular formula is C20H22N2O5. The third-order valence-electron chi connectivity index (χ3n) is 4.32. The lowest BCUT2D eigenvalue weighted by molar-refractivity contribution is -0.139. The highest BCUT2D eigenvalue weighted by Crippen LogP contribution is 2.24. The molecule has 1 aliphatic carbocycles. The number of benzene rings is 1. The molecule has 0 saturated heterocycles. The van der Waals surface area contributed by atoms with E-state index in [4.69, 9.17) is 14.6 Å². The summed E-state index contributed by atoms with van der Waals surface area (Å²) in [5.41, 5.74) is 1.54. The van der Waals surface area contributed by atoms with Crippen LogP contribution in [-0.2, 0) is 11.2 Å². The van der Waals surface area contributed by atoms with E-state index < -0.39 is 5.97 Å². The zero-order valence-corrected chi connectivity index (χ0v) is 14.9. The molecule has 2 aromatic rings. The summed E-state index contributed by atoms with van der Waals surface area (Å²) in [6, 6.07) is 10.5. The van der Waals surface area contributed by atoms with Gasteiger partial charge in [-0.1, -0.05) is 12.1 Å². The number of aliphatic carboxylic acids is 1. The largest absolute Gasteiger partial charge is 0.482 e. The van der Waals surface area contributed by atoms with Crippen LogP contribution >= 0.6 is 0 Å². The molecule has 1 heterocycles. The number of carboxylic acid groups (broad SMARTS) is 1. The average molecular weight is 370 g/mol. The van der Waals surface area contributed by atoms with Crippen molar-refractivity contribution >= 4 is 11.9 Å². The van der Waals surface area contributed by atoms with Crippen LogP contribution in [0, 0.1) is 0 Å². The minimum Gasteiger partial charge on any atom is -0.482 e. The van der Waals surface area contributed by atoms with Crippen LogP contribution in [-0.4, -0.2) is 41.2 Å². The Balaban J connectivity index is 1.45. The predicted octanol–water partition coefficient (Wildman–Crippen LogP) is 2.45. The molecule has 0 spiro atoms. The highest BCUT2D eigenvalue weighted by atomic mass is 16.5. The molecule has 0 unspecified atom stereocenters. The second-order valence-electron chi connectivity index (χ2n) is 6.39. The molecule has 7 nitrogen and oxygen atoms in total. The maximum absolute atomic E-state index is 12.3. The average Bonchev–Trinajstić information content (AvgIpc) is 2.64. The van der Waals surface area contributed by atoms with E-state index in [-0.39, 0.29) is 18.6 Å². The summed E-state index contributed by atoms with van der Waals surface area (Å²) < 4.78 is 10.8. The Morgan fingerprint density at radius 2 is 1.96 bits per heavy atom. The molecule has 1 fully saturated rings. The van der Waals surface area contributed by atoms with Gasteiger partial charge in [0, 0.05) is 24.4 Å². The van der Waals surface area contributed by atoms with Crippen molar-refractivity contribution in [2.75, 3.05) is 13.2 Å². The van der Waals surface area contributed by atoms with Crippen LogP contribution in [0.4, 0.5) is 0 Å². The fraction of sp³-hybridized carbons (Fsp3) is 0.350. The second kappa shape index (κ2) is 9.02. The molecule has 0 bridgehead atoms. The fourth-order valence-corrected chi connectivity index (χ4v) is 2.59. The molecule has 1 amide bonds. The number of aromatic nitrogens is 1. The van der Waals surface area contributed by atoms with Crippen LogP contribution in [0.2, 0.25) is 0 Å². The van der Waals surface area contributed by atoms with Gasteiger partial charge in [0.2, 0.25) is 5.88 Å². The third-order valence-corrected chi connectivity index (χ3v) is 4.32. The molecule has 1 aromatic carbocycles. The first-order valence-electron chi connectivity index (χ1n) is 8.94. The summed E-state index contributed by atoms with van der Waals surface area (Å²) in [6.45, 7) is 0.114. The monoisotopic (exact) mass is 370 g/mol. The lowest BCUT2D eigenvalue weighted by Gasteiger charge is -2.25. The van der Waals surface area contributed by atoms with Crippen LogP contribution in [0.1, 0.15) is 35.2 Å². The normalized spacial score (nSPS) is 13.5. The number of carboxylic acids is 1. The van der Waals surface area contributed by atoms with E-state index in [1.54, 1.807) is 30.5 Å². The molecule has 2 N–H and O–H groups in total. The van der Waals surface area contributed by atoms with Crippen molar-refractivity contribution in [1.29, 1.82) is 0 Å². The highest BCUT2D eigenvalue weighted by Gasteiger charge is 2.20. The summed E-state index contributed by atoms with van der Waals surface area (Å²) in [5.74, 6) is -0.193. The van der Waals surface area contributed by atoms with Crippen molar-refractivity contribution in [3.8, 4) is 11.6 Å². The first kappa shape index (κ1) is 18.7. The van der Waals surface area contributed by atoms with Gasteiger partial charge in [0.05, 0.1) is 0 Å². The summed E-state index contributed by atoms with van der Waals surface area (Å²) in [6.07, 6.45) is 5.71. The number of amides is 1. The quantitative estimate of drug-likeness (QED) is 0.704. The molecule has 3 rings (SSSR count). The Hall–Kier alpha value is -3.09. The van der Waals surface area contributed by atoms with Gasteiger partial charge in [0.1, 0.15) is 11.9 Å². The molecule has 0 radical (unpaired) electrons. The van der Waals surface area contributed by atoms with Crippen molar-refractivity contribution in [1.82, 2.24) is 10.3 Å². The van der Waals surface area contributed by atoms with E-state index in [0.717, 1.165) is 18.4 Å². The van der Waals surface area contributed by atoms with Gasteiger partial charge < -0.3 is 19.9 Å². The first-order valence-corrected chi connectivity index (χ1v) is 8.94. The number of carbonyl (C=O) groups is 2. The molecule has 142 valence electrons. The Kier molecular flexibility index (Phi) is 6.25. The van der Waals surface area contributed by atoms with Crippen LogP contribution in [0.25, 0.3) is 0 Å². The first-order chi connectivity index (χ1) is 13.1. The summed E-state index contributed by atoms with van der Waals surface area (Å²) in [7, 11) is 0. The van der Waals surface area contributed by atoms with Gasteiger partial charge in [-0.15, -0.1) is 0 Å². The summed E-state index contributed by atoms with van der Waals surface area (Å²) in [5, 5.41) is 11.5. The number of carbonyl (C=O) groups excluding carboxylic acids is 1. The maximum Gasteiger partial charge on any atom is 0.341 e. The lowest BCUT2D eigenvalue weighted by atomic mass is 9.96.